The third kappa shape index (κ3) is 5.45. The molecule has 0 heterocycles. The lowest BCUT2D eigenvalue weighted by Gasteiger charge is -2.12. The fraction of sp³-hybridized carbons (Fsp3) is 0.227. The summed E-state index contributed by atoms with van der Waals surface area (Å²) in [6, 6.07) is 12.2. The predicted octanol–water partition coefficient (Wildman–Crippen LogP) is 3.68. The van der Waals surface area contributed by atoms with E-state index in [4.69, 9.17) is 14.7 Å². The summed E-state index contributed by atoms with van der Waals surface area (Å²) in [6.45, 7) is 5.63. The summed E-state index contributed by atoms with van der Waals surface area (Å²) >= 11 is 0. The van der Waals surface area contributed by atoms with E-state index < -0.39 is 11.9 Å². The highest BCUT2D eigenvalue weighted by Crippen LogP contribution is 2.23. The van der Waals surface area contributed by atoms with E-state index in [0.717, 1.165) is 16.7 Å². The molecule has 0 aliphatic rings. The van der Waals surface area contributed by atoms with Crippen molar-refractivity contribution in [3.63, 3.8) is 0 Å². The number of hydrogen-bond acceptors (Lipinski definition) is 6. The van der Waals surface area contributed by atoms with E-state index in [-0.39, 0.29) is 17.9 Å². The average Bonchev–Trinajstić information content (AvgIpc) is 2.67. The van der Waals surface area contributed by atoms with E-state index in [1.54, 1.807) is 30.3 Å². The second kappa shape index (κ2) is 9.38. The highest BCUT2D eigenvalue weighted by Gasteiger charge is 2.11. The van der Waals surface area contributed by atoms with Crippen LogP contribution in [0.15, 0.2) is 42.0 Å². The Kier molecular flexibility index (Phi) is 6.94. The van der Waals surface area contributed by atoms with E-state index in [2.05, 4.69) is 4.74 Å². The Labute approximate surface area is 164 Å². The number of aryl methyl sites for hydroxylation is 2. The zero-order valence-corrected chi connectivity index (χ0v) is 16.2. The third-order valence-electron chi connectivity index (χ3n) is 4.04. The molecule has 6 heteroatoms. The number of nitrogens with zero attached hydrogens (tertiary/aromatic N) is 1. The summed E-state index contributed by atoms with van der Waals surface area (Å²) in [5.74, 6) is -0.375. The molecule has 0 saturated heterocycles. The van der Waals surface area contributed by atoms with Crippen molar-refractivity contribution in [2.45, 2.75) is 20.8 Å². The zero-order valence-electron chi connectivity index (χ0n) is 16.2. The number of ether oxygens (including phenoxy) is 3. The predicted molar refractivity (Wildman–Crippen MR) is 104 cm³/mol. The summed E-state index contributed by atoms with van der Waals surface area (Å²) in [5.41, 5.74) is 3.47. The lowest BCUT2D eigenvalue weighted by molar-refractivity contribution is -0.137. The molecule has 0 aromatic heterocycles. The minimum Gasteiger partial charge on any atom is -0.482 e. The minimum absolute atomic E-state index is 0.153. The topological polar surface area (TPSA) is 85.6 Å². The first kappa shape index (κ1) is 20.7. The van der Waals surface area contributed by atoms with Gasteiger partial charge < -0.3 is 14.2 Å². The molecule has 0 N–H and O–H groups in total. The van der Waals surface area contributed by atoms with Gasteiger partial charge >= 0.3 is 11.9 Å². The standard InChI is InChI=1S/C22H21NO5/c1-14-8-15(2)16(3)20(9-14)27-13-21(24)28-19-7-5-6-17(11-19)10-18(12-23)22(25)26-4/h5-11H,13H2,1-4H3/b18-10+. The third-order valence-corrected chi connectivity index (χ3v) is 4.04. The summed E-state index contributed by atoms with van der Waals surface area (Å²) in [5, 5.41) is 9.02. The Morgan fingerprint density at radius 1 is 1.14 bits per heavy atom. The quantitative estimate of drug-likeness (QED) is 0.329. The van der Waals surface area contributed by atoms with E-state index in [9.17, 15) is 9.59 Å². The molecule has 2 rings (SSSR count). The van der Waals surface area contributed by atoms with E-state index >= 15 is 0 Å². The van der Waals surface area contributed by atoms with E-state index in [1.807, 2.05) is 32.9 Å². The maximum Gasteiger partial charge on any atom is 0.349 e. The SMILES string of the molecule is COC(=O)/C(C#N)=C/c1cccc(OC(=O)COc2cc(C)cc(C)c2C)c1. The number of esters is 2. The van der Waals surface area contributed by atoms with Crippen LogP contribution in [0.3, 0.4) is 0 Å². The molecule has 0 saturated carbocycles. The molecule has 0 aliphatic carbocycles. The lowest BCUT2D eigenvalue weighted by atomic mass is 10.1. The largest absolute Gasteiger partial charge is 0.482 e. The van der Waals surface area contributed by atoms with Crippen LogP contribution >= 0.6 is 0 Å². The van der Waals surface area contributed by atoms with Gasteiger partial charge in [-0.25, -0.2) is 9.59 Å². The normalized spacial score (nSPS) is 10.8. The maximum atomic E-state index is 12.1. The van der Waals surface area contributed by atoms with Crippen molar-refractivity contribution in [2.75, 3.05) is 13.7 Å². The molecular formula is C22H21NO5. The fourth-order valence-corrected chi connectivity index (χ4v) is 2.53. The van der Waals surface area contributed by atoms with Gasteiger partial charge in [0.25, 0.3) is 0 Å². The van der Waals surface area contributed by atoms with Gasteiger partial charge in [0.05, 0.1) is 7.11 Å². The van der Waals surface area contributed by atoms with Crippen LogP contribution in [0.4, 0.5) is 0 Å². The molecule has 0 bridgehead atoms. The summed E-state index contributed by atoms with van der Waals surface area (Å²) in [4.78, 5) is 23.6. The smallest absolute Gasteiger partial charge is 0.349 e. The summed E-state index contributed by atoms with van der Waals surface area (Å²) < 4.78 is 15.4. The maximum absolute atomic E-state index is 12.1. The first-order chi connectivity index (χ1) is 13.3. The van der Waals surface area contributed by atoms with E-state index in [1.165, 1.54) is 13.2 Å². The zero-order chi connectivity index (χ0) is 20.7. The molecular weight excluding hydrogens is 358 g/mol. The van der Waals surface area contributed by atoms with Crippen molar-refractivity contribution < 1.29 is 23.8 Å². The van der Waals surface area contributed by atoms with Crippen molar-refractivity contribution in [1.82, 2.24) is 0 Å². The molecule has 2 aromatic rings. The average molecular weight is 379 g/mol. The first-order valence-corrected chi connectivity index (χ1v) is 8.55. The second-order valence-corrected chi connectivity index (χ2v) is 6.20. The first-order valence-electron chi connectivity index (χ1n) is 8.55. The van der Waals surface area contributed by atoms with Crippen molar-refractivity contribution in [1.29, 1.82) is 5.26 Å². The van der Waals surface area contributed by atoms with Crippen LogP contribution in [-0.2, 0) is 14.3 Å². The van der Waals surface area contributed by atoms with Crippen LogP contribution in [0.1, 0.15) is 22.3 Å². The summed E-state index contributed by atoms with van der Waals surface area (Å²) in [6.07, 6.45) is 1.36. The number of benzene rings is 2. The molecule has 0 unspecified atom stereocenters. The highest BCUT2D eigenvalue weighted by molar-refractivity contribution is 5.97. The van der Waals surface area contributed by atoms with Crippen molar-refractivity contribution in [3.05, 3.63) is 64.2 Å². The summed E-state index contributed by atoms with van der Waals surface area (Å²) in [7, 11) is 1.20. The molecule has 144 valence electrons. The van der Waals surface area contributed by atoms with Crippen LogP contribution in [0.2, 0.25) is 0 Å². The van der Waals surface area contributed by atoms with Crippen LogP contribution in [0.25, 0.3) is 6.08 Å². The molecule has 0 aliphatic heterocycles. The van der Waals surface area contributed by atoms with Gasteiger partial charge in [-0.05, 0) is 67.3 Å². The van der Waals surface area contributed by atoms with Crippen LogP contribution in [-0.4, -0.2) is 25.7 Å². The molecule has 0 atom stereocenters. The number of nitriles is 1. The molecule has 28 heavy (non-hydrogen) atoms. The number of carbonyl (C=O) groups excluding carboxylic acids is 2. The number of methoxy groups -OCH3 is 1. The van der Waals surface area contributed by atoms with Gasteiger partial charge in [0.1, 0.15) is 23.1 Å². The molecule has 0 radical (unpaired) electrons. The Balaban J connectivity index is 2.06. The molecule has 0 fully saturated rings. The lowest BCUT2D eigenvalue weighted by Crippen LogP contribution is -2.18. The molecule has 6 nitrogen and oxygen atoms in total. The Bertz CT molecular complexity index is 969. The minimum atomic E-state index is -0.734. The van der Waals surface area contributed by atoms with Gasteiger partial charge in [-0.2, -0.15) is 5.26 Å². The number of carbonyl (C=O) groups is 2. The van der Waals surface area contributed by atoms with Crippen molar-refractivity contribution in [2.24, 2.45) is 0 Å². The van der Waals surface area contributed by atoms with Gasteiger partial charge in [-0.15, -0.1) is 0 Å². The Hall–Kier alpha value is -3.59. The van der Waals surface area contributed by atoms with Gasteiger partial charge in [-0.1, -0.05) is 18.2 Å². The molecule has 0 spiro atoms. The Morgan fingerprint density at radius 2 is 1.89 bits per heavy atom. The highest BCUT2D eigenvalue weighted by atomic mass is 16.6. The second-order valence-electron chi connectivity index (χ2n) is 6.20. The van der Waals surface area contributed by atoms with Gasteiger partial charge in [0.15, 0.2) is 6.61 Å². The van der Waals surface area contributed by atoms with Gasteiger partial charge in [0.2, 0.25) is 0 Å². The van der Waals surface area contributed by atoms with E-state index in [0.29, 0.717) is 11.3 Å². The van der Waals surface area contributed by atoms with Crippen LogP contribution in [0, 0.1) is 32.1 Å². The van der Waals surface area contributed by atoms with Gasteiger partial charge in [-0.3, -0.25) is 0 Å². The molecule has 0 amide bonds. The number of rotatable bonds is 6. The van der Waals surface area contributed by atoms with Crippen molar-refractivity contribution >= 4 is 18.0 Å². The Morgan fingerprint density at radius 3 is 2.57 bits per heavy atom. The van der Waals surface area contributed by atoms with Crippen LogP contribution < -0.4 is 9.47 Å². The van der Waals surface area contributed by atoms with Crippen LogP contribution in [0.5, 0.6) is 11.5 Å². The van der Waals surface area contributed by atoms with Gasteiger partial charge in [0, 0.05) is 0 Å². The number of hydrogen-bond donors (Lipinski definition) is 0. The van der Waals surface area contributed by atoms with Crippen molar-refractivity contribution in [3.8, 4) is 17.6 Å². The molecule has 2 aromatic carbocycles. The monoisotopic (exact) mass is 379 g/mol. The fourth-order valence-electron chi connectivity index (χ4n) is 2.53.